The van der Waals surface area contributed by atoms with Gasteiger partial charge in [-0.1, -0.05) is 6.07 Å². The first kappa shape index (κ1) is 10.5. The second-order valence-electron chi connectivity index (χ2n) is 3.17. The van der Waals surface area contributed by atoms with Crippen molar-refractivity contribution in [1.82, 2.24) is 9.97 Å². The molecule has 0 aliphatic heterocycles. The third kappa shape index (κ3) is 1.60. The van der Waals surface area contributed by atoms with Crippen LogP contribution in [0.5, 0.6) is 0 Å². The standard InChI is InChI=1S/C9H7F3N4/c10-9(11,12)5-3-1-2-4-6(5)15-8(14)16-7(4)13/h1-3H,(H4,13,14,15,16). The van der Waals surface area contributed by atoms with E-state index in [1.807, 2.05) is 0 Å². The van der Waals surface area contributed by atoms with Gasteiger partial charge in [-0.3, -0.25) is 0 Å². The molecule has 0 amide bonds. The van der Waals surface area contributed by atoms with E-state index in [0.29, 0.717) is 0 Å². The second-order valence-corrected chi connectivity index (χ2v) is 3.17. The van der Waals surface area contributed by atoms with Crippen molar-refractivity contribution in [3.05, 3.63) is 23.8 Å². The Kier molecular flexibility index (Phi) is 2.11. The van der Waals surface area contributed by atoms with Gasteiger partial charge in [-0.05, 0) is 12.1 Å². The highest BCUT2D eigenvalue weighted by Gasteiger charge is 2.33. The molecular formula is C9H7F3N4. The fourth-order valence-electron chi connectivity index (χ4n) is 1.42. The predicted octanol–water partition coefficient (Wildman–Crippen LogP) is 1.81. The molecule has 2 aromatic rings. The monoisotopic (exact) mass is 228 g/mol. The zero-order valence-electron chi connectivity index (χ0n) is 7.92. The van der Waals surface area contributed by atoms with Crippen LogP contribution in [0.15, 0.2) is 18.2 Å². The number of nitrogens with two attached hydrogens (primary N) is 2. The van der Waals surface area contributed by atoms with Crippen molar-refractivity contribution in [2.45, 2.75) is 6.18 Å². The molecule has 0 radical (unpaired) electrons. The first-order chi connectivity index (χ1) is 7.39. The van der Waals surface area contributed by atoms with E-state index in [-0.39, 0.29) is 22.7 Å². The second kappa shape index (κ2) is 3.22. The number of alkyl halides is 3. The van der Waals surface area contributed by atoms with Gasteiger partial charge in [0.2, 0.25) is 5.95 Å². The number of rotatable bonds is 0. The lowest BCUT2D eigenvalue weighted by Crippen LogP contribution is -2.09. The predicted molar refractivity (Wildman–Crippen MR) is 53.4 cm³/mol. The molecule has 2 rings (SSSR count). The van der Waals surface area contributed by atoms with Gasteiger partial charge in [0.05, 0.1) is 11.1 Å². The largest absolute Gasteiger partial charge is 0.418 e. The Morgan fingerprint density at radius 2 is 1.75 bits per heavy atom. The first-order valence-corrected chi connectivity index (χ1v) is 4.28. The topological polar surface area (TPSA) is 77.8 Å². The van der Waals surface area contributed by atoms with Crippen molar-refractivity contribution in [2.75, 3.05) is 11.5 Å². The van der Waals surface area contributed by atoms with E-state index >= 15 is 0 Å². The van der Waals surface area contributed by atoms with Gasteiger partial charge in [-0.2, -0.15) is 18.2 Å². The molecule has 1 aromatic carbocycles. The molecule has 4 N–H and O–H groups in total. The summed E-state index contributed by atoms with van der Waals surface area (Å²) >= 11 is 0. The summed E-state index contributed by atoms with van der Waals surface area (Å²) in [4.78, 5) is 7.17. The summed E-state index contributed by atoms with van der Waals surface area (Å²) in [5.74, 6) is -0.338. The molecule has 16 heavy (non-hydrogen) atoms. The summed E-state index contributed by atoms with van der Waals surface area (Å²) in [6.45, 7) is 0. The lowest BCUT2D eigenvalue weighted by molar-refractivity contribution is -0.136. The maximum atomic E-state index is 12.6. The Balaban J connectivity index is 2.87. The Morgan fingerprint density at radius 1 is 1.06 bits per heavy atom. The summed E-state index contributed by atoms with van der Waals surface area (Å²) in [7, 11) is 0. The number of halogens is 3. The summed E-state index contributed by atoms with van der Waals surface area (Å²) in [6.07, 6.45) is -4.49. The molecule has 0 saturated carbocycles. The van der Waals surface area contributed by atoms with Gasteiger partial charge < -0.3 is 11.5 Å². The number of anilines is 2. The molecule has 0 unspecified atom stereocenters. The first-order valence-electron chi connectivity index (χ1n) is 4.28. The summed E-state index contributed by atoms with van der Waals surface area (Å²) in [5, 5.41) is 0.143. The fourth-order valence-corrected chi connectivity index (χ4v) is 1.42. The lowest BCUT2D eigenvalue weighted by Gasteiger charge is -2.10. The molecule has 0 spiro atoms. The third-order valence-electron chi connectivity index (χ3n) is 2.08. The number of para-hydroxylation sites is 1. The highest BCUT2D eigenvalue weighted by Crippen LogP contribution is 2.34. The summed E-state index contributed by atoms with van der Waals surface area (Å²) in [6, 6.07) is 3.59. The van der Waals surface area contributed by atoms with Crippen LogP contribution < -0.4 is 11.5 Å². The number of nitrogens with zero attached hydrogens (tertiary/aromatic N) is 2. The number of hydrogen-bond acceptors (Lipinski definition) is 4. The van der Waals surface area contributed by atoms with Crippen molar-refractivity contribution in [1.29, 1.82) is 0 Å². The maximum Gasteiger partial charge on any atom is 0.418 e. The van der Waals surface area contributed by atoms with E-state index in [1.165, 1.54) is 12.1 Å². The van der Waals surface area contributed by atoms with Gasteiger partial charge in [0, 0.05) is 5.39 Å². The van der Waals surface area contributed by atoms with Gasteiger partial charge in [0.15, 0.2) is 0 Å². The Bertz CT molecular complexity index is 550. The number of aromatic nitrogens is 2. The summed E-state index contributed by atoms with van der Waals surface area (Å²) < 4.78 is 37.9. The lowest BCUT2D eigenvalue weighted by atomic mass is 10.1. The van der Waals surface area contributed by atoms with Gasteiger partial charge in [-0.15, -0.1) is 0 Å². The number of hydrogen-bond donors (Lipinski definition) is 2. The third-order valence-corrected chi connectivity index (χ3v) is 2.08. The van der Waals surface area contributed by atoms with Crippen LogP contribution in [0.1, 0.15) is 5.56 Å². The van der Waals surface area contributed by atoms with Crippen molar-refractivity contribution in [3.8, 4) is 0 Å². The Hall–Kier alpha value is -2.05. The minimum Gasteiger partial charge on any atom is -0.383 e. The van der Waals surface area contributed by atoms with Crippen LogP contribution >= 0.6 is 0 Å². The molecular weight excluding hydrogens is 221 g/mol. The zero-order valence-corrected chi connectivity index (χ0v) is 7.92. The van der Waals surface area contributed by atoms with E-state index < -0.39 is 11.7 Å². The van der Waals surface area contributed by atoms with Crippen LogP contribution in [-0.2, 0) is 6.18 Å². The average molecular weight is 228 g/mol. The number of benzene rings is 1. The molecule has 1 heterocycles. The van der Waals surface area contributed by atoms with Crippen molar-refractivity contribution >= 4 is 22.7 Å². The fraction of sp³-hybridized carbons (Fsp3) is 0.111. The number of nitrogen functional groups attached to an aromatic ring is 2. The molecule has 84 valence electrons. The van der Waals surface area contributed by atoms with E-state index in [9.17, 15) is 13.2 Å². The molecule has 0 fully saturated rings. The molecule has 7 heteroatoms. The van der Waals surface area contributed by atoms with Crippen molar-refractivity contribution < 1.29 is 13.2 Å². The van der Waals surface area contributed by atoms with Gasteiger partial charge in [0.25, 0.3) is 0 Å². The summed E-state index contributed by atoms with van der Waals surface area (Å²) in [5.41, 5.74) is 9.59. The van der Waals surface area contributed by atoms with Crippen LogP contribution in [0.25, 0.3) is 10.9 Å². The van der Waals surface area contributed by atoms with Gasteiger partial charge >= 0.3 is 6.18 Å². The van der Waals surface area contributed by atoms with Crippen molar-refractivity contribution in [3.63, 3.8) is 0 Å². The van der Waals surface area contributed by atoms with Crippen molar-refractivity contribution in [2.24, 2.45) is 0 Å². The smallest absolute Gasteiger partial charge is 0.383 e. The number of fused-ring (bicyclic) bond motifs is 1. The van der Waals surface area contributed by atoms with E-state index in [1.54, 1.807) is 0 Å². The molecule has 0 aliphatic carbocycles. The highest BCUT2D eigenvalue weighted by atomic mass is 19.4. The molecule has 0 atom stereocenters. The molecule has 4 nitrogen and oxygen atoms in total. The zero-order chi connectivity index (χ0) is 11.9. The molecule has 1 aromatic heterocycles. The van der Waals surface area contributed by atoms with Gasteiger partial charge in [0.1, 0.15) is 5.82 Å². The van der Waals surface area contributed by atoms with Crippen LogP contribution in [0.3, 0.4) is 0 Å². The molecule has 0 saturated heterocycles. The normalized spacial score (nSPS) is 11.9. The molecule has 0 aliphatic rings. The molecule has 0 bridgehead atoms. The average Bonchev–Trinajstić information content (AvgIpc) is 2.15. The minimum absolute atomic E-state index is 0.0615. The van der Waals surface area contributed by atoms with E-state index in [2.05, 4.69) is 9.97 Å². The van der Waals surface area contributed by atoms with Crippen LogP contribution in [0, 0.1) is 0 Å². The SMILES string of the molecule is Nc1nc(N)c2cccc(C(F)(F)F)c2n1. The van der Waals surface area contributed by atoms with Crippen LogP contribution in [-0.4, -0.2) is 9.97 Å². The Morgan fingerprint density at radius 3 is 2.38 bits per heavy atom. The minimum atomic E-state index is -4.49. The van der Waals surface area contributed by atoms with Gasteiger partial charge in [-0.25, -0.2) is 4.98 Å². The van der Waals surface area contributed by atoms with E-state index in [0.717, 1.165) is 6.07 Å². The quantitative estimate of drug-likeness (QED) is 0.720. The highest BCUT2D eigenvalue weighted by molar-refractivity contribution is 5.91. The van der Waals surface area contributed by atoms with Crippen LogP contribution in [0.4, 0.5) is 24.9 Å². The Labute approximate surface area is 88.1 Å². The maximum absolute atomic E-state index is 12.6. The van der Waals surface area contributed by atoms with E-state index in [4.69, 9.17) is 11.5 Å². The van der Waals surface area contributed by atoms with Crippen LogP contribution in [0.2, 0.25) is 0 Å².